The van der Waals surface area contributed by atoms with E-state index in [1.54, 1.807) is 18.2 Å². The molecule has 10 heteroatoms. The molecule has 0 radical (unpaired) electrons. The number of halogens is 1. The SMILES string of the molecule is CC(CNC(=O)c1ccc(Br)cc1N(c1nsnc1Cc1ccccc1)S(=O)[O-])c1ccccc1. The number of hydrogen-bond donors (Lipinski definition) is 1. The second kappa shape index (κ2) is 11.7. The van der Waals surface area contributed by atoms with Gasteiger partial charge in [0, 0.05) is 17.4 Å². The Bertz CT molecular complexity index is 1320. The van der Waals surface area contributed by atoms with Gasteiger partial charge in [-0.3, -0.25) is 13.3 Å². The summed E-state index contributed by atoms with van der Waals surface area (Å²) in [6.07, 6.45) is 0.407. The lowest BCUT2D eigenvalue weighted by Crippen LogP contribution is -2.30. The average molecular weight is 571 g/mol. The van der Waals surface area contributed by atoms with Crippen LogP contribution >= 0.6 is 27.7 Å². The van der Waals surface area contributed by atoms with Crippen LogP contribution in [0.2, 0.25) is 0 Å². The van der Waals surface area contributed by atoms with E-state index in [4.69, 9.17) is 0 Å². The number of hydrogen-bond acceptors (Lipinski definition) is 6. The first-order valence-corrected chi connectivity index (χ1v) is 13.4. The molecule has 1 heterocycles. The molecule has 0 saturated heterocycles. The minimum absolute atomic E-state index is 0.0870. The summed E-state index contributed by atoms with van der Waals surface area (Å²) >= 11 is 1.58. The first-order valence-electron chi connectivity index (χ1n) is 10.8. The van der Waals surface area contributed by atoms with Crippen molar-refractivity contribution in [2.75, 3.05) is 10.8 Å². The molecule has 3 aromatic carbocycles. The Kier molecular flexibility index (Phi) is 8.40. The largest absolute Gasteiger partial charge is 0.755 e. The first-order chi connectivity index (χ1) is 16.9. The highest BCUT2D eigenvalue weighted by Gasteiger charge is 2.25. The fourth-order valence-corrected chi connectivity index (χ4v) is 5.18. The second-order valence-corrected chi connectivity index (χ2v) is 10.1. The molecule has 0 fully saturated rings. The van der Waals surface area contributed by atoms with Gasteiger partial charge in [-0.25, -0.2) is 0 Å². The van der Waals surface area contributed by atoms with Crippen LogP contribution in [0.1, 0.15) is 40.0 Å². The smallest absolute Gasteiger partial charge is 0.253 e. The quantitative estimate of drug-likeness (QED) is 0.274. The highest BCUT2D eigenvalue weighted by Crippen LogP contribution is 2.34. The van der Waals surface area contributed by atoms with Crippen LogP contribution in [0, 0.1) is 0 Å². The lowest BCUT2D eigenvalue weighted by molar-refractivity contribution is 0.0952. The Morgan fingerprint density at radius 2 is 1.77 bits per heavy atom. The fraction of sp³-hybridized carbons (Fsp3) is 0.160. The number of carbonyl (C=O) groups excluding carboxylic acids is 1. The number of benzene rings is 3. The van der Waals surface area contributed by atoms with Crippen molar-refractivity contribution in [3.05, 3.63) is 106 Å². The molecule has 0 aliphatic rings. The summed E-state index contributed by atoms with van der Waals surface area (Å²) in [5.41, 5.74) is 3.00. The van der Waals surface area contributed by atoms with E-state index in [0.717, 1.165) is 27.2 Å². The van der Waals surface area contributed by atoms with Crippen LogP contribution < -0.4 is 9.62 Å². The number of anilines is 2. The van der Waals surface area contributed by atoms with Gasteiger partial charge >= 0.3 is 0 Å². The third-order valence-corrected chi connectivity index (χ3v) is 7.17. The molecule has 35 heavy (non-hydrogen) atoms. The van der Waals surface area contributed by atoms with Crippen molar-refractivity contribution >= 4 is 56.3 Å². The molecule has 7 nitrogen and oxygen atoms in total. The van der Waals surface area contributed by atoms with Gasteiger partial charge in [0.25, 0.3) is 5.91 Å². The van der Waals surface area contributed by atoms with E-state index in [-0.39, 0.29) is 28.9 Å². The molecule has 2 unspecified atom stereocenters. The van der Waals surface area contributed by atoms with Crippen LogP contribution in [0.3, 0.4) is 0 Å². The highest BCUT2D eigenvalue weighted by atomic mass is 79.9. The average Bonchev–Trinajstić information content (AvgIpc) is 3.31. The maximum absolute atomic E-state index is 13.2. The van der Waals surface area contributed by atoms with Gasteiger partial charge in [0.15, 0.2) is 5.82 Å². The van der Waals surface area contributed by atoms with Crippen molar-refractivity contribution in [1.29, 1.82) is 0 Å². The van der Waals surface area contributed by atoms with Crippen molar-refractivity contribution in [2.24, 2.45) is 0 Å². The zero-order valence-corrected chi connectivity index (χ0v) is 22.0. The standard InChI is InChI=1S/C25H23BrN4O3S2/c1-17(19-10-6-3-7-11-19)16-27-25(31)21-13-12-20(26)15-23(21)30(35(32)33)24-22(28-34-29-24)14-18-8-4-2-5-9-18/h2-13,15,17H,14,16H2,1H3,(H,27,31)(H,32,33)/p-1. The summed E-state index contributed by atoms with van der Waals surface area (Å²) in [5, 5.41) is 2.94. The fourth-order valence-electron chi connectivity index (χ4n) is 3.63. The van der Waals surface area contributed by atoms with Crippen molar-refractivity contribution in [3.8, 4) is 0 Å². The molecule has 1 amide bonds. The van der Waals surface area contributed by atoms with Gasteiger partial charge in [-0.15, -0.1) is 0 Å². The van der Waals surface area contributed by atoms with Crippen LogP contribution in [0.15, 0.2) is 83.3 Å². The molecule has 1 N–H and O–H groups in total. The number of aromatic nitrogens is 2. The first kappa shape index (κ1) is 25.2. The topological polar surface area (TPSA) is 98.2 Å². The van der Waals surface area contributed by atoms with Gasteiger partial charge < -0.3 is 9.87 Å². The molecule has 0 spiro atoms. The molecular weight excluding hydrogens is 548 g/mol. The molecule has 0 bridgehead atoms. The highest BCUT2D eigenvalue weighted by molar-refractivity contribution is 9.10. The van der Waals surface area contributed by atoms with E-state index in [1.807, 2.05) is 67.6 Å². The van der Waals surface area contributed by atoms with E-state index in [2.05, 4.69) is 30.0 Å². The van der Waals surface area contributed by atoms with Crippen LogP contribution in [0.4, 0.5) is 11.5 Å². The van der Waals surface area contributed by atoms with E-state index >= 15 is 0 Å². The lowest BCUT2D eigenvalue weighted by atomic mass is 10.0. The van der Waals surface area contributed by atoms with Gasteiger partial charge in [-0.1, -0.05) is 83.5 Å². The summed E-state index contributed by atoms with van der Waals surface area (Å²) in [6.45, 7) is 2.42. The number of amides is 1. The summed E-state index contributed by atoms with van der Waals surface area (Å²) in [6, 6.07) is 24.4. The number of nitrogens with zero attached hydrogens (tertiary/aromatic N) is 3. The van der Waals surface area contributed by atoms with E-state index in [1.165, 1.54) is 0 Å². The summed E-state index contributed by atoms with van der Waals surface area (Å²) in [5.74, 6) is -0.112. The van der Waals surface area contributed by atoms with Crippen LogP contribution in [-0.2, 0) is 17.7 Å². The molecular formula is C25H22BrN4O3S2-. The molecule has 4 aromatic rings. The van der Waals surface area contributed by atoms with Gasteiger partial charge in [-0.2, -0.15) is 8.75 Å². The zero-order valence-electron chi connectivity index (χ0n) is 18.8. The maximum Gasteiger partial charge on any atom is 0.253 e. The normalized spacial score (nSPS) is 12.7. The number of rotatable bonds is 9. The molecule has 180 valence electrons. The molecule has 0 aliphatic carbocycles. The summed E-state index contributed by atoms with van der Waals surface area (Å²) in [4.78, 5) is 13.2. The predicted octanol–water partition coefficient (Wildman–Crippen LogP) is 5.36. The van der Waals surface area contributed by atoms with Crippen molar-refractivity contribution in [1.82, 2.24) is 14.1 Å². The van der Waals surface area contributed by atoms with E-state index < -0.39 is 11.3 Å². The zero-order chi connectivity index (χ0) is 24.8. The van der Waals surface area contributed by atoms with Crippen LogP contribution in [-0.4, -0.2) is 30.0 Å². The van der Waals surface area contributed by atoms with Gasteiger partial charge in [0.05, 0.1) is 34.2 Å². The Labute approximate surface area is 219 Å². The minimum atomic E-state index is -2.74. The third kappa shape index (κ3) is 6.21. The molecule has 2 atom stereocenters. The molecule has 1 aromatic heterocycles. The Morgan fingerprint density at radius 3 is 2.46 bits per heavy atom. The van der Waals surface area contributed by atoms with Gasteiger partial charge in [0.1, 0.15) is 5.69 Å². The molecule has 4 rings (SSSR count). The molecule has 0 saturated carbocycles. The third-order valence-electron chi connectivity index (χ3n) is 5.45. The summed E-state index contributed by atoms with van der Waals surface area (Å²) in [7, 11) is 0. The Hall–Kier alpha value is -2.92. The summed E-state index contributed by atoms with van der Waals surface area (Å²) < 4.78 is 35.2. The van der Waals surface area contributed by atoms with Crippen molar-refractivity contribution in [2.45, 2.75) is 19.3 Å². The van der Waals surface area contributed by atoms with E-state index in [0.29, 0.717) is 23.1 Å². The Morgan fingerprint density at radius 1 is 1.09 bits per heavy atom. The van der Waals surface area contributed by atoms with E-state index in [9.17, 15) is 13.6 Å². The van der Waals surface area contributed by atoms with Crippen molar-refractivity contribution in [3.63, 3.8) is 0 Å². The Balaban J connectivity index is 1.63. The lowest BCUT2D eigenvalue weighted by Gasteiger charge is -2.27. The van der Waals surface area contributed by atoms with Gasteiger partial charge in [-0.05, 0) is 35.2 Å². The van der Waals surface area contributed by atoms with Gasteiger partial charge in [0.2, 0.25) is 0 Å². The monoisotopic (exact) mass is 569 g/mol. The number of carbonyl (C=O) groups is 1. The van der Waals surface area contributed by atoms with Crippen LogP contribution in [0.5, 0.6) is 0 Å². The van der Waals surface area contributed by atoms with Crippen molar-refractivity contribution < 1.29 is 13.6 Å². The second-order valence-electron chi connectivity index (χ2n) is 7.89. The number of nitrogens with one attached hydrogen (secondary N) is 1. The minimum Gasteiger partial charge on any atom is -0.755 e. The molecule has 0 aliphatic heterocycles. The predicted molar refractivity (Wildman–Crippen MR) is 142 cm³/mol. The van der Waals surface area contributed by atoms with Crippen LogP contribution in [0.25, 0.3) is 0 Å². The maximum atomic E-state index is 13.2.